The molecule has 0 saturated heterocycles. The number of aromatic nitrogens is 3. The van der Waals surface area contributed by atoms with E-state index in [2.05, 4.69) is 32.5 Å². The summed E-state index contributed by atoms with van der Waals surface area (Å²) in [7, 11) is -3.80. The van der Waals surface area contributed by atoms with Gasteiger partial charge in [0.25, 0.3) is 16.0 Å². The standard InChI is InChI=1S/C15H14N4O2S2/c1-10-7-8-13(12(22)9-10)23(20,21)19-15-16-14(17-18-15)11-5-3-2-4-6-11/h2-9,22H,1H3,(H2,16,17,18,19). The fourth-order valence-electron chi connectivity index (χ4n) is 2.06. The van der Waals surface area contributed by atoms with E-state index in [4.69, 9.17) is 0 Å². The molecule has 3 aromatic rings. The molecule has 0 fully saturated rings. The van der Waals surface area contributed by atoms with Gasteiger partial charge in [-0.3, -0.25) is 5.10 Å². The maximum atomic E-state index is 12.4. The Labute approximate surface area is 139 Å². The number of aromatic amines is 1. The van der Waals surface area contributed by atoms with E-state index < -0.39 is 10.0 Å². The minimum Gasteiger partial charge on any atom is -0.257 e. The fraction of sp³-hybridized carbons (Fsp3) is 0.0667. The topological polar surface area (TPSA) is 87.7 Å². The monoisotopic (exact) mass is 346 g/mol. The number of anilines is 1. The molecule has 2 aromatic carbocycles. The van der Waals surface area contributed by atoms with Crippen LogP contribution in [-0.4, -0.2) is 23.6 Å². The zero-order valence-electron chi connectivity index (χ0n) is 12.2. The Balaban J connectivity index is 1.88. The van der Waals surface area contributed by atoms with Gasteiger partial charge in [-0.05, 0) is 24.6 Å². The molecule has 0 aliphatic rings. The first kappa shape index (κ1) is 15.6. The van der Waals surface area contributed by atoms with Gasteiger partial charge in [-0.25, -0.2) is 13.1 Å². The molecule has 118 valence electrons. The van der Waals surface area contributed by atoms with Gasteiger partial charge in [-0.2, -0.15) is 4.98 Å². The molecular weight excluding hydrogens is 332 g/mol. The van der Waals surface area contributed by atoms with Crippen LogP contribution in [0.4, 0.5) is 5.95 Å². The van der Waals surface area contributed by atoms with Crippen LogP contribution in [0.1, 0.15) is 5.56 Å². The minimum absolute atomic E-state index is 0.0165. The van der Waals surface area contributed by atoms with Crippen LogP contribution < -0.4 is 4.72 Å². The molecule has 6 nitrogen and oxygen atoms in total. The maximum absolute atomic E-state index is 12.4. The summed E-state index contributed by atoms with van der Waals surface area (Å²) >= 11 is 4.22. The number of rotatable bonds is 4. The van der Waals surface area contributed by atoms with Gasteiger partial charge in [0.2, 0.25) is 0 Å². The minimum atomic E-state index is -3.80. The molecule has 0 aliphatic heterocycles. The smallest absolute Gasteiger partial charge is 0.257 e. The van der Waals surface area contributed by atoms with Crippen molar-refractivity contribution in [2.24, 2.45) is 0 Å². The molecule has 2 N–H and O–H groups in total. The van der Waals surface area contributed by atoms with E-state index in [0.717, 1.165) is 11.1 Å². The van der Waals surface area contributed by atoms with Crippen molar-refractivity contribution in [3.05, 3.63) is 54.1 Å². The molecule has 0 atom stereocenters. The normalized spacial score (nSPS) is 11.4. The molecule has 0 saturated carbocycles. The van der Waals surface area contributed by atoms with Gasteiger partial charge in [0.05, 0.1) is 0 Å². The third kappa shape index (κ3) is 3.38. The molecule has 0 amide bonds. The molecular formula is C15H14N4O2S2. The summed E-state index contributed by atoms with van der Waals surface area (Å²) in [5, 5.41) is 6.61. The summed E-state index contributed by atoms with van der Waals surface area (Å²) in [5.74, 6) is 0.468. The van der Waals surface area contributed by atoms with Crippen molar-refractivity contribution in [2.75, 3.05) is 4.72 Å². The lowest BCUT2D eigenvalue weighted by Crippen LogP contribution is -2.14. The van der Waals surface area contributed by atoms with Gasteiger partial charge in [0.15, 0.2) is 5.82 Å². The average Bonchev–Trinajstić information content (AvgIpc) is 2.95. The molecule has 8 heteroatoms. The molecule has 0 unspecified atom stereocenters. The lowest BCUT2D eigenvalue weighted by Gasteiger charge is -2.07. The van der Waals surface area contributed by atoms with Crippen molar-refractivity contribution >= 4 is 28.6 Å². The first-order valence-corrected chi connectivity index (χ1v) is 8.69. The van der Waals surface area contributed by atoms with Crippen LogP contribution in [0.3, 0.4) is 0 Å². The second-order valence-electron chi connectivity index (χ2n) is 4.95. The quantitative estimate of drug-likeness (QED) is 0.634. The highest BCUT2D eigenvalue weighted by Crippen LogP contribution is 2.23. The summed E-state index contributed by atoms with van der Waals surface area (Å²) in [5.41, 5.74) is 1.74. The largest absolute Gasteiger partial charge is 0.265 e. The Kier molecular flexibility index (Phi) is 4.10. The summed E-state index contributed by atoms with van der Waals surface area (Å²) in [6, 6.07) is 14.2. The summed E-state index contributed by atoms with van der Waals surface area (Å²) < 4.78 is 27.2. The Hall–Kier alpha value is -2.32. The summed E-state index contributed by atoms with van der Waals surface area (Å²) in [6.45, 7) is 1.87. The van der Waals surface area contributed by atoms with Gasteiger partial charge in [-0.1, -0.05) is 36.4 Å². The van der Waals surface area contributed by atoms with Crippen molar-refractivity contribution in [1.29, 1.82) is 0 Å². The van der Waals surface area contributed by atoms with Crippen molar-refractivity contribution < 1.29 is 8.42 Å². The Morgan fingerprint density at radius 1 is 1.13 bits per heavy atom. The number of hydrogen-bond acceptors (Lipinski definition) is 5. The lowest BCUT2D eigenvalue weighted by atomic mass is 10.2. The predicted octanol–water partition coefficient (Wildman–Crippen LogP) is 2.87. The highest BCUT2D eigenvalue weighted by molar-refractivity contribution is 7.93. The second-order valence-corrected chi connectivity index (χ2v) is 7.08. The van der Waals surface area contributed by atoms with Crippen LogP contribution in [-0.2, 0) is 10.0 Å². The van der Waals surface area contributed by atoms with E-state index >= 15 is 0 Å². The van der Waals surface area contributed by atoms with Crippen molar-refractivity contribution in [2.45, 2.75) is 16.7 Å². The van der Waals surface area contributed by atoms with Crippen molar-refractivity contribution in [3.8, 4) is 11.4 Å². The van der Waals surface area contributed by atoms with Crippen LogP contribution in [0.5, 0.6) is 0 Å². The molecule has 23 heavy (non-hydrogen) atoms. The summed E-state index contributed by atoms with van der Waals surface area (Å²) in [6.07, 6.45) is 0. The molecule has 0 bridgehead atoms. The van der Waals surface area contributed by atoms with Crippen LogP contribution in [0.15, 0.2) is 58.3 Å². The molecule has 0 radical (unpaired) electrons. The first-order chi connectivity index (χ1) is 11.0. The lowest BCUT2D eigenvalue weighted by molar-refractivity contribution is 0.599. The van der Waals surface area contributed by atoms with E-state index in [1.54, 1.807) is 12.1 Å². The molecule has 1 aromatic heterocycles. The zero-order chi connectivity index (χ0) is 16.4. The van der Waals surface area contributed by atoms with Crippen molar-refractivity contribution in [1.82, 2.24) is 15.2 Å². The number of H-pyrrole nitrogens is 1. The van der Waals surface area contributed by atoms with E-state index in [0.29, 0.717) is 10.7 Å². The predicted molar refractivity (Wildman–Crippen MR) is 91.1 cm³/mol. The third-order valence-electron chi connectivity index (χ3n) is 3.16. The van der Waals surface area contributed by atoms with Gasteiger partial charge in [0, 0.05) is 10.5 Å². The molecule has 1 heterocycles. The highest BCUT2D eigenvalue weighted by Gasteiger charge is 2.19. The van der Waals surface area contributed by atoms with E-state index in [1.165, 1.54) is 6.07 Å². The number of sulfonamides is 1. The third-order valence-corrected chi connectivity index (χ3v) is 5.07. The number of nitrogens with one attached hydrogen (secondary N) is 2. The van der Waals surface area contributed by atoms with Gasteiger partial charge in [-0.15, -0.1) is 17.7 Å². The molecule has 3 rings (SSSR count). The summed E-state index contributed by atoms with van der Waals surface area (Å²) in [4.78, 5) is 4.61. The van der Waals surface area contributed by atoms with Gasteiger partial charge in [0.1, 0.15) is 4.90 Å². The number of benzene rings is 2. The number of aryl methyl sites for hydroxylation is 1. The van der Waals surface area contributed by atoms with Crippen LogP contribution in [0, 0.1) is 6.92 Å². The Bertz CT molecular complexity index is 937. The van der Waals surface area contributed by atoms with Gasteiger partial charge < -0.3 is 0 Å². The average molecular weight is 346 g/mol. The number of hydrogen-bond donors (Lipinski definition) is 3. The Morgan fingerprint density at radius 3 is 2.57 bits per heavy atom. The number of thiol groups is 1. The van der Waals surface area contributed by atoms with Crippen LogP contribution >= 0.6 is 12.6 Å². The Morgan fingerprint density at radius 2 is 1.87 bits per heavy atom. The highest BCUT2D eigenvalue weighted by atomic mass is 32.2. The second kappa shape index (κ2) is 6.05. The van der Waals surface area contributed by atoms with E-state index in [9.17, 15) is 8.42 Å². The van der Waals surface area contributed by atoms with E-state index in [-0.39, 0.29) is 10.8 Å². The molecule has 0 aliphatic carbocycles. The fourth-order valence-corrected chi connectivity index (χ4v) is 3.72. The van der Waals surface area contributed by atoms with Crippen LogP contribution in [0.25, 0.3) is 11.4 Å². The SMILES string of the molecule is Cc1ccc(S(=O)(=O)Nc2n[nH]c(-c3ccccc3)n2)c(S)c1. The molecule has 0 spiro atoms. The van der Waals surface area contributed by atoms with Crippen molar-refractivity contribution in [3.63, 3.8) is 0 Å². The maximum Gasteiger partial charge on any atom is 0.265 e. The van der Waals surface area contributed by atoms with E-state index in [1.807, 2.05) is 37.3 Å². The number of nitrogens with zero attached hydrogens (tertiary/aromatic N) is 2. The first-order valence-electron chi connectivity index (χ1n) is 6.76. The van der Waals surface area contributed by atoms with Gasteiger partial charge >= 0.3 is 0 Å². The van der Waals surface area contributed by atoms with Crippen LogP contribution in [0.2, 0.25) is 0 Å². The zero-order valence-corrected chi connectivity index (χ0v) is 13.9.